The highest BCUT2D eigenvalue weighted by atomic mass is 32.2. The van der Waals surface area contributed by atoms with E-state index in [1.165, 1.54) is 6.07 Å². The molecule has 40 heavy (non-hydrogen) atoms. The van der Waals surface area contributed by atoms with Gasteiger partial charge in [0.1, 0.15) is 15.6 Å². The number of amides is 1. The number of anilines is 2. The first kappa shape index (κ1) is 29.4. The summed E-state index contributed by atoms with van der Waals surface area (Å²) >= 11 is 0. The first-order chi connectivity index (χ1) is 18.7. The van der Waals surface area contributed by atoms with Crippen LogP contribution in [0.15, 0.2) is 40.9 Å². The van der Waals surface area contributed by atoms with Crippen LogP contribution >= 0.6 is 0 Å². The molecule has 0 radical (unpaired) electrons. The van der Waals surface area contributed by atoms with Gasteiger partial charge < -0.3 is 19.9 Å². The largest absolute Gasteiger partial charge is 0.573 e. The lowest BCUT2D eigenvalue weighted by molar-refractivity contribution is -0.275. The minimum atomic E-state index is -5.02. The van der Waals surface area contributed by atoms with Crippen molar-refractivity contribution in [3.8, 4) is 16.9 Å². The van der Waals surface area contributed by atoms with E-state index in [0.29, 0.717) is 41.2 Å². The molecule has 1 aliphatic heterocycles. The molecular weight excluding hydrogens is 554 g/mol. The number of carbonyl (C=O) groups excluding carboxylic acids is 1. The lowest BCUT2D eigenvalue weighted by atomic mass is 9.99. The van der Waals surface area contributed by atoms with Gasteiger partial charge in [-0.15, -0.1) is 13.2 Å². The Hall–Kier alpha value is -3.61. The summed E-state index contributed by atoms with van der Waals surface area (Å²) in [6, 6.07) is 8.36. The van der Waals surface area contributed by atoms with Gasteiger partial charge in [-0.2, -0.15) is 0 Å². The Kier molecular flexibility index (Phi) is 8.43. The van der Waals surface area contributed by atoms with Gasteiger partial charge in [0, 0.05) is 17.5 Å². The molecule has 8 nitrogen and oxygen atoms in total. The van der Waals surface area contributed by atoms with Crippen LogP contribution in [0.1, 0.15) is 36.8 Å². The Morgan fingerprint density at radius 1 is 1.12 bits per heavy atom. The Morgan fingerprint density at radius 2 is 1.82 bits per heavy atom. The van der Waals surface area contributed by atoms with Crippen LogP contribution in [0.4, 0.5) is 28.9 Å². The van der Waals surface area contributed by atoms with E-state index in [1.807, 2.05) is 6.07 Å². The molecule has 1 aromatic heterocycles. The summed E-state index contributed by atoms with van der Waals surface area (Å²) < 4.78 is 84.1. The van der Waals surface area contributed by atoms with Gasteiger partial charge in [-0.05, 0) is 68.5 Å². The minimum Gasteiger partial charge on any atom is -0.403 e. The molecule has 1 fully saturated rings. The summed E-state index contributed by atoms with van der Waals surface area (Å²) in [6.07, 6.45) is -4.11. The SMILES string of the molecule is Cc1noc(C)c1-c1ccc(NC2CCS(=O)(=O)CC2)c(NC(=O)C(C)Cc2ccc(OC(F)(F)F)c(F)c2)c1. The summed E-state index contributed by atoms with van der Waals surface area (Å²) in [4.78, 5) is 13.2. The number of nitrogens with zero attached hydrogens (tertiary/aromatic N) is 1. The third kappa shape index (κ3) is 7.32. The Morgan fingerprint density at radius 3 is 2.42 bits per heavy atom. The summed E-state index contributed by atoms with van der Waals surface area (Å²) in [6.45, 7) is 5.18. The predicted octanol–water partition coefficient (Wildman–Crippen LogP) is 5.80. The maximum Gasteiger partial charge on any atom is 0.573 e. The van der Waals surface area contributed by atoms with Gasteiger partial charge in [0.25, 0.3) is 0 Å². The van der Waals surface area contributed by atoms with Crippen LogP contribution in [0.25, 0.3) is 11.1 Å². The fourth-order valence-corrected chi connectivity index (χ4v) is 6.15. The van der Waals surface area contributed by atoms with Crippen molar-refractivity contribution in [1.82, 2.24) is 5.16 Å². The van der Waals surface area contributed by atoms with E-state index >= 15 is 0 Å². The molecule has 0 spiro atoms. The summed E-state index contributed by atoms with van der Waals surface area (Å²) in [5, 5.41) is 10.2. The minimum absolute atomic E-state index is 0.0574. The van der Waals surface area contributed by atoms with Crippen molar-refractivity contribution in [1.29, 1.82) is 0 Å². The highest BCUT2D eigenvalue weighted by Gasteiger charge is 2.32. The van der Waals surface area contributed by atoms with Crippen LogP contribution in [0.2, 0.25) is 0 Å². The monoisotopic (exact) mass is 583 g/mol. The predicted molar refractivity (Wildman–Crippen MR) is 141 cm³/mol. The normalized spacial score (nSPS) is 16.4. The number of benzene rings is 2. The van der Waals surface area contributed by atoms with Crippen molar-refractivity contribution in [2.24, 2.45) is 5.92 Å². The summed E-state index contributed by atoms with van der Waals surface area (Å²) in [5.41, 5.74) is 3.55. The van der Waals surface area contributed by atoms with Gasteiger partial charge in [0.05, 0.1) is 28.6 Å². The number of ether oxygens (including phenoxy) is 1. The van der Waals surface area contributed by atoms with E-state index in [2.05, 4.69) is 20.5 Å². The maximum atomic E-state index is 14.2. The molecule has 1 aliphatic rings. The van der Waals surface area contributed by atoms with Gasteiger partial charge in [-0.1, -0.05) is 24.2 Å². The number of sulfone groups is 1. The van der Waals surface area contributed by atoms with Crippen molar-refractivity contribution in [2.75, 3.05) is 22.1 Å². The molecule has 2 aromatic carbocycles. The van der Waals surface area contributed by atoms with Crippen LogP contribution in [0, 0.1) is 25.6 Å². The first-order valence-electron chi connectivity index (χ1n) is 12.6. The number of hydrogen-bond donors (Lipinski definition) is 2. The van der Waals surface area contributed by atoms with Gasteiger partial charge >= 0.3 is 6.36 Å². The lowest BCUT2D eigenvalue weighted by Gasteiger charge is -2.26. The molecule has 3 aromatic rings. The van der Waals surface area contributed by atoms with Crippen LogP contribution in [-0.4, -0.2) is 43.4 Å². The second-order valence-corrected chi connectivity index (χ2v) is 12.2. The Balaban J connectivity index is 1.54. The zero-order chi connectivity index (χ0) is 29.2. The quantitative estimate of drug-likeness (QED) is 0.323. The second-order valence-electron chi connectivity index (χ2n) is 9.94. The number of rotatable bonds is 8. The van der Waals surface area contributed by atoms with E-state index in [1.54, 1.807) is 32.9 Å². The number of hydrogen-bond acceptors (Lipinski definition) is 7. The third-order valence-electron chi connectivity index (χ3n) is 6.73. The van der Waals surface area contributed by atoms with Crippen molar-refractivity contribution >= 4 is 27.1 Å². The zero-order valence-electron chi connectivity index (χ0n) is 22.1. The third-order valence-corrected chi connectivity index (χ3v) is 8.44. The topological polar surface area (TPSA) is 111 Å². The second kappa shape index (κ2) is 11.5. The molecule has 0 saturated carbocycles. The van der Waals surface area contributed by atoms with E-state index in [4.69, 9.17) is 4.52 Å². The lowest BCUT2D eigenvalue weighted by Crippen LogP contribution is -2.32. The zero-order valence-corrected chi connectivity index (χ0v) is 22.9. The fourth-order valence-electron chi connectivity index (χ4n) is 4.66. The first-order valence-corrected chi connectivity index (χ1v) is 14.4. The number of aryl methyl sites for hydroxylation is 2. The molecular formula is C27H29F4N3O5S. The fraction of sp³-hybridized carbons (Fsp3) is 0.407. The molecule has 2 heterocycles. The van der Waals surface area contributed by atoms with Gasteiger partial charge in [-0.3, -0.25) is 4.79 Å². The van der Waals surface area contributed by atoms with E-state index < -0.39 is 39.6 Å². The Labute approximate surface area is 229 Å². The van der Waals surface area contributed by atoms with Crippen LogP contribution in [-0.2, 0) is 21.1 Å². The standard InChI is InChI=1S/C27H29F4N3O5S/c1-15(12-18-4-7-24(21(28)13-18)38-27(29,30)31)26(35)33-23-14-19(25-16(2)34-39-17(25)3)5-6-22(23)32-20-8-10-40(36,37)11-9-20/h4-7,13-15,20,32H,8-12H2,1-3H3,(H,33,35). The molecule has 13 heteroatoms. The number of nitrogens with one attached hydrogen (secondary N) is 2. The molecule has 1 unspecified atom stereocenters. The average molecular weight is 584 g/mol. The van der Waals surface area contributed by atoms with Crippen molar-refractivity contribution in [3.63, 3.8) is 0 Å². The molecule has 2 N–H and O–H groups in total. The van der Waals surface area contributed by atoms with Gasteiger partial charge in [0.2, 0.25) is 5.91 Å². The molecule has 1 amide bonds. The maximum absolute atomic E-state index is 14.2. The number of alkyl halides is 3. The van der Waals surface area contributed by atoms with Gasteiger partial charge in [0.15, 0.2) is 11.6 Å². The number of aromatic nitrogens is 1. The highest BCUT2D eigenvalue weighted by Crippen LogP contribution is 2.34. The van der Waals surface area contributed by atoms with Crippen LogP contribution in [0.5, 0.6) is 5.75 Å². The molecule has 1 saturated heterocycles. The van der Waals surface area contributed by atoms with Crippen molar-refractivity contribution in [3.05, 3.63) is 59.2 Å². The molecule has 0 aliphatic carbocycles. The average Bonchev–Trinajstić information content (AvgIpc) is 3.20. The van der Waals surface area contributed by atoms with Crippen LogP contribution < -0.4 is 15.4 Å². The number of halogens is 4. The summed E-state index contributed by atoms with van der Waals surface area (Å²) in [7, 11) is -3.06. The highest BCUT2D eigenvalue weighted by molar-refractivity contribution is 7.91. The number of carbonyl (C=O) groups is 1. The molecule has 1 atom stereocenters. The van der Waals surface area contributed by atoms with Crippen molar-refractivity contribution < 1.29 is 40.0 Å². The smallest absolute Gasteiger partial charge is 0.403 e. The van der Waals surface area contributed by atoms with Crippen LogP contribution in [0.3, 0.4) is 0 Å². The molecule has 4 rings (SSSR count). The van der Waals surface area contributed by atoms with Gasteiger partial charge in [-0.25, -0.2) is 12.8 Å². The molecule has 216 valence electrons. The Bertz CT molecular complexity index is 1470. The summed E-state index contributed by atoms with van der Waals surface area (Å²) in [5.74, 6) is -2.47. The van der Waals surface area contributed by atoms with E-state index in [0.717, 1.165) is 23.3 Å². The van der Waals surface area contributed by atoms with Crippen molar-refractivity contribution in [2.45, 2.75) is 52.4 Å². The van der Waals surface area contributed by atoms with E-state index in [-0.39, 0.29) is 24.0 Å². The molecule has 0 bridgehead atoms. The van der Waals surface area contributed by atoms with E-state index in [9.17, 15) is 30.8 Å².